The first kappa shape index (κ1) is 13.2. The maximum Gasteiger partial charge on any atom is -0.0184 e. The van der Waals surface area contributed by atoms with Crippen LogP contribution in [0, 0.1) is 5.41 Å². The lowest BCUT2D eigenvalue weighted by Gasteiger charge is -2.30. The van der Waals surface area contributed by atoms with Gasteiger partial charge in [0.1, 0.15) is 0 Å². The van der Waals surface area contributed by atoms with E-state index in [0.717, 1.165) is 0 Å². The third-order valence-corrected chi connectivity index (χ3v) is 4.24. The minimum Gasteiger partial charge on any atom is -0.0807 e. The van der Waals surface area contributed by atoms with E-state index in [9.17, 15) is 0 Å². The van der Waals surface area contributed by atoms with Crippen LogP contribution in [0.1, 0.15) is 38.7 Å². The van der Waals surface area contributed by atoms with Crippen molar-refractivity contribution in [3.05, 3.63) is 66.2 Å². The van der Waals surface area contributed by atoms with E-state index in [1.165, 1.54) is 41.5 Å². The number of hydrogen-bond donors (Lipinski definition) is 0. The van der Waals surface area contributed by atoms with Gasteiger partial charge in [0.25, 0.3) is 0 Å². The van der Waals surface area contributed by atoms with Gasteiger partial charge in [-0.15, -0.1) is 0 Å². The highest BCUT2D eigenvalue weighted by atomic mass is 14.3. The van der Waals surface area contributed by atoms with Gasteiger partial charge in [-0.2, -0.15) is 0 Å². The Balaban J connectivity index is 1.85. The fourth-order valence-electron chi connectivity index (χ4n) is 3.04. The van der Waals surface area contributed by atoms with Crippen LogP contribution < -0.4 is 0 Å². The van der Waals surface area contributed by atoms with Crippen molar-refractivity contribution in [2.24, 2.45) is 5.41 Å². The van der Waals surface area contributed by atoms with E-state index in [4.69, 9.17) is 0 Å². The predicted molar refractivity (Wildman–Crippen MR) is 87.5 cm³/mol. The number of allylic oxidation sites excluding steroid dienone is 2. The minimum absolute atomic E-state index is 0.447. The van der Waals surface area contributed by atoms with Crippen LogP contribution in [0.15, 0.2) is 60.7 Å². The smallest absolute Gasteiger partial charge is 0.0184 e. The van der Waals surface area contributed by atoms with Gasteiger partial charge in [-0.1, -0.05) is 74.5 Å². The zero-order valence-electron chi connectivity index (χ0n) is 12.4. The maximum absolute atomic E-state index is 2.42. The second-order valence-corrected chi connectivity index (χ2v) is 6.55. The fraction of sp³-hybridized carbons (Fsp3) is 0.300. The van der Waals surface area contributed by atoms with E-state index in [1.54, 1.807) is 0 Å². The molecular weight excluding hydrogens is 240 g/mol. The molecule has 0 saturated carbocycles. The molecule has 0 N–H and O–H groups in total. The number of hydrogen-bond acceptors (Lipinski definition) is 0. The highest BCUT2D eigenvalue weighted by molar-refractivity contribution is 5.71. The molecule has 0 fully saturated rings. The topological polar surface area (TPSA) is 0 Å². The Kier molecular flexibility index (Phi) is 3.48. The Morgan fingerprint density at radius 1 is 0.750 bits per heavy atom. The normalized spacial score (nSPS) is 17.6. The first-order chi connectivity index (χ1) is 9.64. The van der Waals surface area contributed by atoms with Gasteiger partial charge in [-0.05, 0) is 46.9 Å². The molecule has 1 aliphatic carbocycles. The van der Waals surface area contributed by atoms with E-state index >= 15 is 0 Å². The predicted octanol–water partition coefficient (Wildman–Crippen LogP) is 5.95. The van der Waals surface area contributed by atoms with Crippen LogP contribution in [0.3, 0.4) is 0 Å². The van der Waals surface area contributed by atoms with Crippen LogP contribution in [-0.2, 0) is 0 Å². The van der Waals surface area contributed by atoms with Gasteiger partial charge < -0.3 is 0 Å². The van der Waals surface area contributed by atoms with Crippen molar-refractivity contribution in [1.82, 2.24) is 0 Å². The molecular formula is C20H22. The monoisotopic (exact) mass is 262 g/mol. The third kappa shape index (κ3) is 2.85. The first-order valence-corrected chi connectivity index (χ1v) is 7.49. The minimum atomic E-state index is 0.447. The maximum atomic E-state index is 2.42. The second-order valence-electron chi connectivity index (χ2n) is 6.55. The molecule has 20 heavy (non-hydrogen) atoms. The highest BCUT2D eigenvalue weighted by Crippen LogP contribution is 2.39. The van der Waals surface area contributed by atoms with Crippen LogP contribution in [-0.4, -0.2) is 0 Å². The molecule has 0 saturated heterocycles. The van der Waals surface area contributed by atoms with Gasteiger partial charge in [0, 0.05) is 0 Å². The van der Waals surface area contributed by atoms with Crippen molar-refractivity contribution >= 4 is 5.57 Å². The Bertz CT molecular complexity index is 600. The van der Waals surface area contributed by atoms with E-state index < -0.39 is 0 Å². The molecule has 1 aliphatic rings. The molecule has 2 aromatic carbocycles. The van der Waals surface area contributed by atoms with Crippen molar-refractivity contribution < 1.29 is 0 Å². The molecule has 0 aromatic heterocycles. The molecule has 0 amide bonds. The van der Waals surface area contributed by atoms with Crippen LogP contribution in [0.25, 0.3) is 16.7 Å². The Morgan fingerprint density at radius 2 is 1.35 bits per heavy atom. The first-order valence-electron chi connectivity index (χ1n) is 7.49. The molecule has 102 valence electrons. The lowest BCUT2D eigenvalue weighted by molar-refractivity contribution is 0.338. The van der Waals surface area contributed by atoms with E-state index in [0.29, 0.717) is 5.41 Å². The summed E-state index contributed by atoms with van der Waals surface area (Å²) >= 11 is 0. The lowest BCUT2D eigenvalue weighted by Crippen LogP contribution is -2.15. The molecule has 0 nitrogen and oxygen atoms in total. The molecule has 2 aromatic rings. The van der Waals surface area contributed by atoms with Crippen molar-refractivity contribution in [2.45, 2.75) is 33.1 Å². The van der Waals surface area contributed by atoms with Gasteiger partial charge in [0.05, 0.1) is 0 Å². The summed E-state index contributed by atoms with van der Waals surface area (Å²) in [5.74, 6) is 0. The molecule has 3 rings (SSSR count). The molecule has 0 heteroatoms. The van der Waals surface area contributed by atoms with Crippen molar-refractivity contribution in [2.75, 3.05) is 0 Å². The molecule has 0 heterocycles. The van der Waals surface area contributed by atoms with Crippen LogP contribution in [0.4, 0.5) is 0 Å². The van der Waals surface area contributed by atoms with E-state index in [2.05, 4.69) is 74.5 Å². The average molecular weight is 262 g/mol. The summed E-state index contributed by atoms with van der Waals surface area (Å²) in [6, 6.07) is 19.6. The quantitative estimate of drug-likeness (QED) is 0.627. The SMILES string of the molecule is CC1(C)CCC=C(c2ccc(-c3ccccc3)cc2)C1. The molecule has 0 radical (unpaired) electrons. The highest BCUT2D eigenvalue weighted by Gasteiger charge is 2.23. The molecule has 0 bridgehead atoms. The molecule has 0 spiro atoms. The van der Waals surface area contributed by atoms with Gasteiger partial charge in [0.15, 0.2) is 0 Å². The second kappa shape index (κ2) is 5.28. The third-order valence-electron chi connectivity index (χ3n) is 4.24. The van der Waals surface area contributed by atoms with Crippen molar-refractivity contribution in [3.8, 4) is 11.1 Å². The Hall–Kier alpha value is -1.82. The molecule has 0 aliphatic heterocycles. The van der Waals surface area contributed by atoms with Crippen LogP contribution >= 0.6 is 0 Å². The fourth-order valence-corrected chi connectivity index (χ4v) is 3.04. The number of rotatable bonds is 2. The van der Waals surface area contributed by atoms with Gasteiger partial charge in [-0.3, -0.25) is 0 Å². The van der Waals surface area contributed by atoms with Crippen LogP contribution in [0.5, 0.6) is 0 Å². The Morgan fingerprint density at radius 3 is 2.00 bits per heavy atom. The lowest BCUT2D eigenvalue weighted by atomic mass is 9.75. The van der Waals surface area contributed by atoms with E-state index in [1.807, 2.05) is 0 Å². The van der Waals surface area contributed by atoms with E-state index in [-0.39, 0.29) is 0 Å². The van der Waals surface area contributed by atoms with Crippen LogP contribution in [0.2, 0.25) is 0 Å². The largest absolute Gasteiger partial charge is 0.0807 e. The summed E-state index contributed by atoms with van der Waals surface area (Å²) in [5.41, 5.74) is 5.93. The Labute approximate surface area is 122 Å². The summed E-state index contributed by atoms with van der Waals surface area (Å²) in [6.45, 7) is 4.75. The zero-order valence-corrected chi connectivity index (χ0v) is 12.4. The standard InChI is InChI=1S/C20H22/c1-20(2)14-6-9-19(15-20)18-12-10-17(11-13-18)16-7-4-3-5-8-16/h3-5,7-13H,6,14-15H2,1-2H3. The summed E-state index contributed by atoms with van der Waals surface area (Å²) in [4.78, 5) is 0. The van der Waals surface area contributed by atoms with Crippen molar-refractivity contribution in [3.63, 3.8) is 0 Å². The van der Waals surface area contributed by atoms with Gasteiger partial charge in [-0.25, -0.2) is 0 Å². The number of benzene rings is 2. The molecule has 0 unspecified atom stereocenters. The summed E-state index contributed by atoms with van der Waals surface area (Å²) < 4.78 is 0. The van der Waals surface area contributed by atoms with Gasteiger partial charge >= 0.3 is 0 Å². The zero-order chi connectivity index (χ0) is 14.0. The average Bonchev–Trinajstić information content (AvgIpc) is 2.47. The van der Waals surface area contributed by atoms with Crippen molar-refractivity contribution in [1.29, 1.82) is 0 Å². The summed E-state index contributed by atoms with van der Waals surface area (Å²) in [6.07, 6.45) is 6.13. The summed E-state index contributed by atoms with van der Waals surface area (Å²) in [5, 5.41) is 0. The van der Waals surface area contributed by atoms with Gasteiger partial charge in [0.2, 0.25) is 0 Å². The summed E-state index contributed by atoms with van der Waals surface area (Å²) in [7, 11) is 0. The molecule has 0 atom stereocenters.